The quantitative estimate of drug-likeness (QED) is 0.825. The van der Waals surface area contributed by atoms with E-state index in [1.54, 1.807) is 48.5 Å². The van der Waals surface area contributed by atoms with Gasteiger partial charge in [0, 0.05) is 5.56 Å². The summed E-state index contributed by atoms with van der Waals surface area (Å²) in [6, 6.07) is 15.2. The van der Waals surface area contributed by atoms with Crippen LogP contribution in [-0.2, 0) is 9.53 Å². The van der Waals surface area contributed by atoms with Crippen LogP contribution in [0.1, 0.15) is 20.7 Å². The summed E-state index contributed by atoms with van der Waals surface area (Å²) < 4.78 is 4.47. The number of anilines is 1. The Kier molecular flexibility index (Phi) is 5.46. The predicted octanol–water partition coefficient (Wildman–Crippen LogP) is 1.84. The Labute approximate surface area is 133 Å². The number of methoxy groups -OCH3 is 1. The maximum Gasteiger partial charge on any atom is 0.325 e. The molecule has 2 N–H and O–H groups in total. The van der Waals surface area contributed by atoms with Crippen molar-refractivity contribution in [1.82, 2.24) is 5.32 Å². The molecule has 0 radical (unpaired) electrons. The highest BCUT2D eigenvalue weighted by Crippen LogP contribution is 2.16. The van der Waals surface area contributed by atoms with Gasteiger partial charge in [0.15, 0.2) is 0 Å². The van der Waals surface area contributed by atoms with Crippen LogP contribution in [0.4, 0.5) is 5.69 Å². The molecular formula is C17H16N2O4. The number of ether oxygens (including phenoxy) is 1. The Morgan fingerprint density at radius 1 is 0.913 bits per heavy atom. The molecule has 0 aromatic heterocycles. The molecule has 2 rings (SSSR count). The second-order valence-electron chi connectivity index (χ2n) is 4.62. The third-order valence-corrected chi connectivity index (χ3v) is 3.08. The van der Waals surface area contributed by atoms with Gasteiger partial charge in [-0.15, -0.1) is 0 Å². The molecule has 118 valence electrons. The van der Waals surface area contributed by atoms with Crippen molar-refractivity contribution in [3.05, 3.63) is 65.7 Å². The molecule has 0 fully saturated rings. The van der Waals surface area contributed by atoms with Crippen molar-refractivity contribution in [1.29, 1.82) is 0 Å². The van der Waals surface area contributed by atoms with Gasteiger partial charge in [0.2, 0.25) is 0 Å². The van der Waals surface area contributed by atoms with E-state index in [0.717, 1.165) is 0 Å². The van der Waals surface area contributed by atoms with E-state index in [9.17, 15) is 14.4 Å². The summed E-state index contributed by atoms with van der Waals surface area (Å²) >= 11 is 0. The van der Waals surface area contributed by atoms with Gasteiger partial charge in [-0.05, 0) is 24.3 Å². The van der Waals surface area contributed by atoms with E-state index in [1.165, 1.54) is 7.11 Å². The van der Waals surface area contributed by atoms with Crippen LogP contribution >= 0.6 is 0 Å². The largest absolute Gasteiger partial charge is 0.468 e. The van der Waals surface area contributed by atoms with E-state index in [1.807, 2.05) is 6.07 Å². The summed E-state index contributed by atoms with van der Waals surface area (Å²) in [6.07, 6.45) is 0. The molecule has 0 unspecified atom stereocenters. The van der Waals surface area contributed by atoms with Gasteiger partial charge in [0.05, 0.1) is 18.4 Å². The van der Waals surface area contributed by atoms with Crippen LogP contribution in [0.2, 0.25) is 0 Å². The van der Waals surface area contributed by atoms with Gasteiger partial charge in [-0.2, -0.15) is 0 Å². The normalized spacial score (nSPS) is 9.78. The lowest BCUT2D eigenvalue weighted by molar-refractivity contribution is -0.139. The molecule has 2 aromatic carbocycles. The van der Waals surface area contributed by atoms with Gasteiger partial charge >= 0.3 is 5.97 Å². The Morgan fingerprint density at radius 3 is 2.26 bits per heavy atom. The second kappa shape index (κ2) is 7.74. The molecule has 2 aromatic rings. The average Bonchev–Trinajstić information content (AvgIpc) is 2.60. The molecule has 0 atom stereocenters. The van der Waals surface area contributed by atoms with Gasteiger partial charge in [-0.25, -0.2) is 0 Å². The average molecular weight is 312 g/mol. The van der Waals surface area contributed by atoms with E-state index < -0.39 is 11.9 Å². The summed E-state index contributed by atoms with van der Waals surface area (Å²) in [5.74, 6) is -1.35. The predicted molar refractivity (Wildman–Crippen MR) is 85.2 cm³/mol. The van der Waals surface area contributed by atoms with Crippen LogP contribution in [0.5, 0.6) is 0 Å². The fraction of sp³-hybridized carbons (Fsp3) is 0.118. The zero-order valence-corrected chi connectivity index (χ0v) is 12.5. The summed E-state index contributed by atoms with van der Waals surface area (Å²) in [6.45, 7) is -0.240. The Hall–Kier alpha value is -3.15. The number of hydrogen-bond donors (Lipinski definition) is 2. The fourth-order valence-corrected chi connectivity index (χ4v) is 1.89. The van der Waals surface area contributed by atoms with Crippen LogP contribution in [0, 0.1) is 0 Å². The van der Waals surface area contributed by atoms with Crippen LogP contribution in [0.15, 0.2) is 54.6 Å². The van der Waals surface area contributed by atoms with Gasteiger partial charge in [0.1, 0.15) is 6.54 Å². The smallest absolute Gasteiger partial charge is 0.325 e. The number of rotatable bonds is 5. The standard InChI is InChI=1S/C17H16N2O4/c1-23-15(20)11-18-17(22)13-9-5-6-10-14(13)19-16(21)12-7-3-2-4-8-12/h2-10H,11H2,1H3,(H,18,22)(H,19,21). The monoisotopic (exact) mass is 312 g/mol. The number of esters is 1. The Bertz CT molecular complexity index is 714. The first-order valence-corrected chi connectivity index (χ1v) is 6.92. The lowest BCUT2D eigenvalue weighted by Crippen LogP contribution is -2.31. The van der Waals surface area contributed by atoms with Gasteiger partial charge in [-0.1, -0.05) is 30.3 Å². The first-order valence-electron chi connectivity index (χ1n) is 6.92. The minimum atomic E-state index is -0.552. The third-order valence-electron chi connectivity index (χ3n) is 3.08. The maximum absolute atomic E-state index is 12.2. The van der Waals surface area contributed by atoms with Crippen molar-refractivity contribution in [3.63, 3.8) is 0 Å². The summed E-state index contributed by atoms with van der Waals surface area (Å²) in [5.41, 5.74) is 1.11. The molecule has 23 heavy (non-hydrogen) atoms. The van der Waals surface area contributed by atoms with Crippen LogP contribution < -0.4 is 10.6 Å². The molecule has 0 aliphatic heterocycles. The number of benzene rings is 2. The van der Waals surface area contributed by atoms with Crippen molar-refractivity contribution in [2.45, 2.75) is 0 Å². The zero-order chi connectivity index (χ0) is 16.7. The molecule has 6 heteroatoms. The molecule has 0 saturated heterocycles. The molecule has 2 amide bonds. The molecule has 0 bridgehead atoms. The highest BCUT2D eigenvalue weighted by Gasteiger charge is 2.14. The molecule has 0 aliphatic rings. The lowest BCUT2D eigenvalue weighted by atomic mass is 10.1. The van der Waals surface area contributed by atoms with Crippen molar-refractivity contribution in [3.8, 4) is 0 Å². The highest BCUT2D eigenvalue weighted by atomic mass is 16.5. The SMILES string of the molecule is COC(=O)CNC(=O)c1ccccc1NC(=O)c1ccccc1. The molecular weight excluding hydrogens is 296 g/mol. The first kappa shape index (κ1) is 16.2. The molecule has 6 nitrogen and oxygen atoms in total. The zero-order valence-electron chi connectivity index (χ0n) is 12.5. The van der Waals surface area contributed by atoms with Gasteiger partial charge in [0.25, 0.3) is 11.8 Å². The maximum atomic E-state index is 12.2. The van der Waals surface area contributed by atoms with E-state index in [-0.39, 0.29) is 18.0 Å². The number of carbonyl (C=O) groups excluding carboxylic acids is 3. The Morgan fingerprint density at radius 2 is 1.57 bits per heavy atom. The van der Waals surface area contributed by atoms with Gasteiger partial charge < -0.3 is 15.4 Å². The van der Waals surface area contributed by atoms with Crippen molar-refractivity contribution < 1.29 is 19.1 Å². The fourth-order valence-electron chi connectivity index (χ4n) is 1.89. The Balaban J connectivity index is 2.13. The second-order valence-corrected chi connectivity index (χ2v) is 4.62. The summed E-state index contributed by atoms with van der Waals surface area (Å²) in [7, 11) is 1.24. The topological polar surface area (TPSA) is 84.5 Å². The van der Waals surface area contributed by atoms with Crippen molar-refractivity contribution >= 4 is 23.5 Å². The van der Waals surface area contributed by atoms with E-state index >= 15 is 0 Å². The number of para-hydroxylation sites is 1. The van der Waals surface area contributed by atoms with Crippen molar-refractivity contribution in [2.24, 2.45) is 0 Å². The summed E-state index contributed by atoms with van der Waals surface area (Å²) in [4.78, 5) is 35.4. The van der Waals surface area contributed by atoms with Crippen LogP contribution in [-0.4, -0.2) is 31.4 Å². The number of hydrogen-bond acceptors (Lipinski definition) is 4. The molecule has 0 saturated carbocycles. The minimum absolute atomic E-state index is 0.240. The van der Waals surface area contributed by atoms with E-state index in [4.69, 9.17) is 0 Å². The molecule has 0 aliphatic carbocycles. The third kappa shape index (κ3) is 4.41. The first-order chi connectivity index (χ1) is 11.1. The summed E-state index contributed by atoms with van der Waals surface area (Å²) in [5, 5.41) is 5.13. The van der Waals surface area contributed by atoms with Crippen molar-refractivity contribution in [2.75, 3.05) is 19.0 Å². The minimum Gasteiger partial charge on any atom is -0.468 e. The van der Waals surface area contributed by atoms with E-state index in [2.05, 4.69) is 15.4 Å². The molecule has 0 heterocycles. The van der Waals surface area contributed by atoms with E-state index in [0.29, 0.717) is 11.3 Å². The number of nitrogens with one attached hydrogen (secondary N) is 2. The van der Waals surface area contributed by atoms with Gasteiger partial charge in [-0.3, -0.25) is 14.4 Å². The van der Waals surface area contributed by atoms with Crippen LogP contribution in [0.25, 0.3) is 0 Å². The lowest BCUT2D eigenvalue weighted by Gasteiger charge is -2.11. The van der Waals surface area contributed by atoms with Crippen LogP contribution in [0.3, 0.4) is 0 Å². The number of amides is 2. The molecule has 0 spiro atoms. The highest BCUT2D eigenvalue weighted by molar-refractivity contribution is 6.09. The number of carbonyl (C=O) groups is 3.